The zero-order valence-corrected chi connectivity index (χ0v) is 19.0. The monoisotopic (exact) mass is 477 g/mol. The lowest BCUT2D eigenvalue weighted by molar-refractivity contribution is 0.0568. The smallest absolute Gasteiger partial charge is 0.266 e. The molecular weight excluding hydrogens is 461 g/mol. The first-order valence-corrected chi connectivity index (χ1v) is 11.1. The van der Waals surface area contributed by atoms with E-state index >= 15 is 0 Å². The maximum Gasteiger partial charge on any atom is 0.266 e. The standard InChI is InChI=1S/C25H17Cl2N3O3/c1-2-20(30-23(31)15-7-3-4-8-16(15)24(30)32)22-28-19-10-6-5-9-17(19)25(33)29(22)21-12-11-14(26)13-18(21)27/h3-13,20H,2H2,1H3/t20-/m0/s1. The van der Waals surface area contributed by atoms with E-state index in [4.69, 9.17) is 28.2 Å². The van der Waals surface area contributed by atoms with Crippen molar-refractivity contribution in [3.8, 4) is 5.69 Å². The SMILES string of the molecule is CC[C@@H](c1nc2ccccc2c(=O)n1-c1ccc(Cl)cc1Cl)N1C(=O)c2ccccc2C1=O. The van der Waals surface area contributed by atoms with Gasteiger partial charge in [0.2, 0.25) is 0 Å². The van der Waals surface area contributed by atoms with E-state index in [1.165, 1.54) is 15.5 Å². The molecule has 5 rings (SSSR count). The van der Waals surface area contributed by atoms with Crippen LogP contribution in [0.15, 0.2) is 71.5 Å². The molecule has 1 aliphatic heterocycles. The van der Waals surface area contributed by atoms with E-state index in [9.17, 15) is 14.4 Å². The molecule has 0 aliphatic carbocycles. The van der Waals surface area contributed by atoms with Gasteiger partial charge in [-0.1, -0.05) is 54.4 Å². The predicted molar refractivity (Wildman–Crippen MR) is 127 cm³/mol. The van der Waals surface area contributed by atoms with Crippen LogP contribution in [-0.4, -0.2) is 26.3 Å². The number of carbonyl (C=O) groups excluding carboxylic acids is 2. The average molecular weight is 478 g/mol. The van der Waals surface area contributed by atoms with Crippen molar-refractivity contribution in [2.75, 3.05) is 0 Å². The van der Waals surface area contributed by atoms with Gasteiger partial charge in [-0.25, -0.2) is 4.98 Å². The van der Waals surface area contributed by atoms with Gasteiger partial charge in [-0.3, -0.25) is 23.9 Å². The van der Waals surface area contributed by atoms with E-state index in [2.05, 4.69) is 0 Å². The third kappa shape index (κ3) is 3.34. The maximum absolute atomic E-state index is 13.6. The molecule has 0 unspecified atom stereocenters. The zero-order chi connectivity index (χ0) is 23.3. The van der Waals surface area contributed by atoms with Crippen molar-refractivity contribution in [1.29, 1.82) is 0 Å². The Hall–Kier alpha value is -3.48. The molecule has 1 aromatic heterocycles. The summed E-state index contributed by atoms with van der Waals surface area (Å²) in [6.45, 7) is 1.84. The molecule has 0 fully saturated rings. The van der Waals surface area contributed by atoms with Gasteiger partial charge in [-0.05, 0) is 48.9 Å². The second-order valence-corrected chi connectivity index (χ2v) is 8.52. The van der Waals surface area contributed by atoms with Gasteiger partial charge in [0, 0.05) is 5.02 Å². The molecule has 0 saturated carbocycles. The van der Waals surface area contributed by atoms with Gasteiger partial charge in [-0.15, -0.1) is 0 Å². The molecule has 0 radical (unpaired) electrons. The first kappa shape index (κ1) is 21.4. The van der Waals surface area contributed by atoms with E-state index < -0.39 is 17.9 Å². The van der Waals surface area contributed by atoms with Gasteiger partial charge < -0.3 is 0 Å². The number of hydrogen-bond donors (Lipinski definition) is 0. The van der Waals surface area contributed by atoms with Crippen LogP contribution in [0.25, 0.3) is 16.6 Å². The normalized spacial score (nSPS) is 14.1. The van der Waals surface area contributed by atoms with Gasteiger partial charge in [0.1, 0.15) is 5.82 Å². The molecule has 1 atom stereocenters. The molecule has 1 aliphatic rings. The molecule has 6 nitrogen and oxygen atoms in total. The minimum Gasteiger partial charge on any atom is -0.269 e. The Bertz CT molecular complexity index is 1480. The minimum absolute atomic E-state index is 0.250. The second kappa shape index (κ2) is 8.14. The second-order valence-electron chi connectivity index (χ2n) is 7.67. The maximum atomic E-state index is 13.6. The minimum atomic E-state index is -0.790. The highest BCUT2D eigenvalue weighted by Gasteiger charge is 2.41. The molecule has 4 aromatic rings. The van der Waals surface area contributed by atoms with Crippen molar-refractivity contribution in [2.45, 2.75) is 19.4 Å². The Balaban J connectivity index is 1.79. The fourth-order valence-corrected chi connectivity index (χ4v) is 4.73. The van der Waals surface area contributed by atoms with Crippen LogP contribution < -0.4 is 5.56 Å². The van der Waals surface area contributed by atoms with E-state index in [1.807, 2.05) is 6.92 Å². The lowest BCUT2D eigenvalue weighted by Gasteiger charge is -2.27. The fourth-order valence-electron chi connectivity index (χ4n) is 4.24. The number of imide groups is 1. The summed E-state index contributed by atoms with van der Waals surface area (Å²) in [5.74, 6) is -0.586. The van der Waals surface area contributed by atoms with Crippen molar-refractivity contribution in [1.82, 2.24) is 14.5 Å². The van der Waals surface area contributed by atoms with E-state index in [0.29, 0.717) is 39.2 Å². The number of halogens is 2. The third-order valence-corrected chi connectivity index (χ3v) is 6.31. The van der Waals surface area contributed by atoms with Crippen LogP contribution in [0.3, 0.4) is 0 Å². The molecule has 0 bridgehead atoms. The van der Waals surface area contributed by atoms with Gasteiger partial charge >= 0.3 is 0 Å². The van der Waals surface area contributed by atoms with Crippen LogP contribution >= 0.6 is 23.2 Å². The van der Waals surface area contributed by atoms with Gasteiger partial charge in [0.15, 0.2) is 0 Å². The number of carbonyl (C=O) groups is 2. The quantitative estimate of drug-likeness (QED) is 0.366. The van der Waals surface area contributed by atoms with Crippen molar-refractivity contribution in [2.24, 2.45) is 0 Å². The van der Waals surface area contributed by atoms with E-state index in [1.54, 1.807) is 60.7 Å². The summed E-state index contributed by atoms with van der Waals surface area (Å²) in [5.41, 5.74) is 1.15. The molecule has 0 N–H and O–H groups in total. The summed E-state index contributed by atoms with van der Waals surface area (Å²) in [6.07, 6.45) is 0.349. The molecule has 0 saturated heterocycles. The number of nitrogens with zero attached hydrogens (tertiary/aromatic N) is 3. The predicted octanol–water partition coefficient (Wildman–Crippen LogP) is 5.44. The number of aromatic nitrogens is 2. The number of benzene rings is 3. The van der Waals surface area contributed by atoms with Gasteiger partial charge in [0.05, 0.1) is 38.8 Å². The summed E-state index contributed by atoms with van der Waals surface area (Å²) >= 11 is 12.6. The summed E-state index contributed by atoms with van der Waals surface area (Å²) in [5, 5.41) is 1.06. The molecule has 2 heterocycles. The fraction of sp³-hybridized carbons (Fsp3) is 0.120. The summed E-state index contributed by atoms with van der Waals surface area (Å²) in [7, 11) is 0. The summed E-state index contributed by atoms with van der Waals surface area (Å²) in [6, 6.07) is 17.6. The molecular formula is C25H17Cl2N3O3. The Morgan fingerprint density at radius 2 is 1.52 bits per heavy atom. The van der Waals surface area contributed by atoms with Crippen LogP contribution in [0.4, 0.5) is 0 Å². The lowest BCUT2D eigenvalue weighted by atomic mass is 10.1. The van der Waals surface area contributed by atoms with Crippen LogP contribution in [0.5, 0.6) is 0 Å². The van der Waals surface area contributed by atoms with Crippen LogP contribution in [0.2, 0.25) is 10.0 Å². The molecule has 33 heavy (non-hydrogen) atoms. The molecule has 0 spiro atoms. The van der Waals surface area contributed by atoms with E-state index in [0.717, 1.165) is 0 Å². The Morgan fingerprint density at radius 1 is 0.879 bits per heavy atom. The van der Waals surface area contributed by atoms with Crippen molar-refractivity contribution in [3.63, 3.8) is 0 Å². The lowest BCUT2D eigenvalue weighted by Crippen LogP contribution is -2.38. The molecule has 2 amide bonds. The Kier molecular flexibility index (Phi) is 5.27. The van der Waals surface area contributed by atoms with Crippen LogP contribution in [-0.2, 0) is 0 Å². The average Bonchev–Trinajstić information content (AvgIpc) is 3.06. The summed E-state index contributed by atoms with van der Waals surface area (Å²) < 4.78 is 1.37. The number of hydrogen-bond acceptors (Lipinski definition) is 4. The third-order valence-electron chi connectivity index (χ3n) is 5.77. The molecule has 8 heteroatoms. The first-order chi connectivity index (χ1) is 15.9. The number of rotatable bonds is 4. The largest absolute Gasteiger partial charge is 0.269 e. The highest BCUT2D eigenvalue weighted by molar-refractivity contribution is 6.35. The highest BCUT2D eigenvalue weighted by atomic mass is 35.5. The number of amides is 2. The van der Waals surface area contributed by atoms with Gasteiger partial charge in [-0.2, -0.15) is 0 Å². The molecule has 3 aromatic carbocycles. The summed E-state index contributed by atoms with van der Waals surface area (Å²) in [4.78, 5) is 46.0. The van der Waals surface area contributed by atoms with Crippen molar-refractivity contribution in [3.05, 3.63) is 104 Å². The molecule has 164 valence electrons. The van der Waals surface area contributed by atoms with Gasteiger partial charge in [0.25, 0.3) is 17.4 Å². The topological polar surface area (TPSA) is 72.3 Å². The number of para-hydroxylation sites is 1. The number of fused-ring (bicyclic) bond motifs is 2. The van der Waals surface area contributed by atoms with Crippen molar-refractivity contribution < 1.29 is 9.59 Å². The Labute approximate surface area is 199 Å². The van der Waals surface area contributed by atoms with Crippen LogP contribution in [0.1, 0.15) is 45.9 Å². The Morgan fingerprint density at radius 3 is 2.15 bits per heavy atom. The van der Waals surface area contributed by atoms with Crippen LogP contribution in [0, 0.1) is 0 Å². The van der Waals surface area contributed by atoms with E-state index in [-0.39, 0.29) is 16.4 Å². The first-order valence-electron chi connectivity index (χ1n) is 10.4. The highest BCUT2D eigenvalue weighted by Crippen LogP contribution is 2.34. The van der Waals surface area contributed by atoms with Crippen molar-refractivity contribution >= 4 is 45.9 Å². The zero-order valence-electron chi connectivity index (χ0n) is 17.5.